The van der Waals surface area contributed by atoms with Gasteiger partial charge in [0.1, 0.15) is 5.82 Å². The summed E-state index contributed by atoms with van der Waals surface area (Å²) in [5.41, 5.74) is 2.35. The highest BCUT2D eigenvalue weighted by Crippen LogP contribution is 2.16. The van der Waals surface area contributed by atoms with E-state index < -0.39 is 0 Å². The summed E-state index contributed by atoms with van der Waals surface area (Å²) in [7, 11) is 1.96. The highest BCUT2D eigenvalue weighted by molar-refractivity contribution is 5.46. The maximum atomic E-state index is 9.39. The summed E-state index contributed by atoms with van der Waals surface area (Å²) in [6, 6.07) is 2.16. The number of aryl methyl sites for hydroxylation is 1. The second kappa shape index (κ2) is 7.34. The van der Waals surface area contributed by atoms with E-state index in [4.69, 9.17) is 0 Å². The van der Waals surface area contributed by atoms with Crippen molar-refractivity contribution >= 4 is 5.82 Å². The van der Waals surface area contributed by atoms with Crippen molar-refractivity contribution in [1.82, 2.24) is 10.3 Å². The molecular formula is C14H25N3O. The Bertz CT molecular complexity index is 366. The standard InChI is InChI=1S/C14H25N3O/c1-5-6-15-8-13-7-11(2)14(16-9-13)17(4)10-12(3)18/h7,9,12,15,18H,5-6,8,10H2,1-4H3. The van der Waals surface area contributed by atoms with Crippen molar-refractivity contribution in [2.24, 2.45) is 0 Å². The Hall–Kier alpha value is -1.13. The monoisotopic (exact) mass is 251 g/mol. The molecule has 0 aliphatic rings. The predicted molar refractivity (Wildman–Crippen MR) is 75.9 cm³/mol. The molecule has 0 spiro atoms. The van der Waals surface area contributed by atoms with Gasteiger partial charge in [-0.3, -0.25) is 0 Å². The zero-order chi connectivity index (χ0) is 13.5. The number of hydrogen-bond acceptors (Lipinski definition) is 4. The first kappa shape index (κ1) is 14.9. The van der Waals surface area contributed by atoms with Gasteiger partial charge in [0.05, 0.1) is 6.10 Å². The quantitative estimate of drug-likeness (QED) is 0.724. The van der Waals surface area contributed by atoms with Crippen LogP contribution in [0.25, 0.3) is 0 Å². The molecule has 0 amide bonds. The molecule has 0 saturated carbocycles. The first-order valence-corrected chi connectivity index (χ1v) is 6.60. The number of anilines is 1. The number of nitrogens with one attached hydrogen (secondary N) is 1. The number of hydrogen-bond donors (Lipinski definition) is 2. The summed E-state index contributed by atoms with van der Waals surface area (Å²) >= 11 is 0. The van der Waals surface area contributed by atoms with Crippen molar-refractivity contribution in [1.29, 1.82) is 0 Å². The lowest BCUT2D eigenvalue weighted by Gasteiger charge is -2.22. The fraction of sp³-hybridized carbons (Fsp3) is 0.643. The van der Waals surface area contributed by atoms with Gasteiger partial charge in [-0.05, 0) is 44.0 Å². The average Bonchev–Trinajstić information content (AvgIpc) is 2.28. The lowest BCUT2D eigenvalue weighted by molar-refractivity contribution is 0.201. The Morgan fingerprint density at radius 1 is 1.50 bits per heavy atom. The lowest BCUT2D eigenvalue weighted by Crippen LogP contribution is -2.28. The van der Waals surface area contributed by atoms with Crippen molar-refractivity contribution in [3.63, 3.8) is 0 Å². The third-order valence-electron chi connectivity index (χ3n) is 2.76. The number of likely N-dealkylation sites (N-methyl/N-ethyl adjacent to an activating group) is 1. The molecule has 1 rings (SSSR count). The number of pyridine rings is 1. The van der Waals surface area contributed by atoms with Crippen molar-refractivity contribution in [3.8, 4) is 0 Å². The van der Waals surface area contributed by atoms with Crippen LogP contribution in [0, 0.1) is 6.92 Å². The van der Waals surface area contributed by atoms with Crippen molar-refractivity contribution in [2.45, 2.75) is 39.8 Å². The molecule has 4 nitrogen and oxygen atoms in total. The second-order valence-electron chi connectivity index (χ2n) is 4.89. The van der Waals surface area contributed by atoms with Gasteiger partial charge >= 0.3 is 0 Å². The van der Waals surface area contributed by atoms with E-state index in [1.54, 1.807) is 6.92 Å². The predicted octanol–water partition coefficient (Wildman–Crippen LogP) is 1.71. The number of aliphatic hydroxyl groups is 1. The van der Waals surface area contributed by atoms with Crippen LogP contribution in [-0.2, 0) is 6.54 Å². The van der Waals surface area contributed by atoms with Crippen LogP contribution in [0.15, 0.2) is 12.3 Å². The average molecular weight is 251 g/mol. The minimum Gasteiger partial charge on any atom is -0.392 e. The third kappa shape index (κ3) is 4.63. The van der Waals surface area contributed by atoms with Crippen molar-refractivity contribution < 1.29 is 5.11 Å². The molecular weight excluding hydrogens is 226 g/mol. The van der Waals surface area contributed by atoms with Crippen LogP contribution in [0.2, 0.25) is 0 Å². The molecule has 0 aliphatic carbocycles. The maximum absolute atomic E-state index is 9.39. The number of aliphatic hydroxyl groups excluding tert-OH is 1. The van der Waals surface area contributed by atoms with Gasteiger partial charge in [0.25, 0.3) is 0 Å². The van der Waals surface area contributed by atoms with Gasteiger partial charge in [-0.25, -0.2) is 4.98 Å². The van der Waals surface area contributed by atoms with E-state index in [9.17, 15) is 5.11 Å². The Labute approximate surface area is 110 Å². The first-order valence-electron chi connectivity index (χ1n) is 6.60. The van der Waals surface area contributed by atoms with Gasteiger partial charge in [-0.2, -0.15) is 0 Å². The molecule has 0 fully saturated rings. The Morgan fingerprint density at radius 2 is 2.22 bits per heavy atom. The molecule has 1 aromatic rings. The van der Waals surface area contributed by atoms with Crippen LogP contribution >= 0.6 is 0 Å². The zero-order valence-electron chi connectivity index (χ0n) is 11.9. The first-order chi connectivity index (χ1) is 8.54. The molecule has 4 heteroatoms. The lowest BCUT2D eigenvalue weighted by atomic mass is 10.2. The van der Waals surface area contributed by atoms with Crippen LogP contribution < -0.4 is 10.2 Å². The van der Waals surface area contributed by atoms with Crippen LogP contribution in [0.4, 0.5) is 5.82 Å². The SMILES string of the molecule is CCCNCc1cnc(N(C)CC(C)O)c(C)c1. The third-order valence-corrected chi connectivity index (χ3v) is 2.76. The van der Waals surface area contributed by atoms with Crippen molar-refractivity contribution in [2.75, 3.05) is 25.0 Å². The summed E-state index contributed by atoms with van der Waals surface area (Å²) in [5, 5.41) is 12.8. The van der Waals surface area contributed by atoms with Crippen molar-refractivity contribution in [3.05, 3.63) is 23.4 Å². The van der Waals surface area contributed by atoms with E-state index in [1.807, 2.05) is 18.1 Å². The molecule has 0 aliphatic heterocycles. The molecule has 1 aromatic heterocycles. The molecule has 0 bridgehead atoms. The van der Waals surface area contributed by atoms with Gasteiger partial charge in [-0.1, -0.05) is 6.92 Å². The van der Waals surface area contributed by atoms with Gasteiger partial charge in [0.15, 0.2) is 0 Å². The number of aromatic nitrogens is 1. The van der Waals surface area contributed by atoms with E-state index in [0.29, 0.717) is 6.54 Å². The highest BCUT2D eigenvalue weighted by atomic mass is 16.3. The zero-order valence-corrected chi connectivity index (χ0v) is 11.9. The maximum Gasteiger partial charge on any atom is 0.131 e. The Morgan fingerprint density at radius 3 is 2.78 bits per heavy atom. The summed E-state index contributed by atoms with van der Waals surface area (Å²) < 4.78 is 0. The van der Waals surface area contributed by atoms with E-state index in [1.165, 1.54) is 5.56 Å². The Kier molecular flexibility index (Phi) is 6.09. The summed E-state index contributed by atoms with van der Waals surface area (Å²) in [4.78, 5) is 6.47. The number of rotatable bonds is 7. The molecule has 1 unspecified atom stereocenters. The Balaban J connectivity index is 2.67. The molecule has 0 radical (unpaired) electrons. The molecule has 18 heavy (non-hydrogen) atoms. The normalized spacial score (nSPS) is 12.5. The van der Waals surface area contributed by atoms with Gasteiger partial charge in [-0.15, -0.1) is 0 Å². The summed E-state index contributed by atoms with van der Waals surface area (Å²) in [6.45, 7) is 8.50. The van der Waals surface area contributed by atoms with E-state index in [-0.39, 0.29) is 6.10 Å². The van der Waals surface area contributed by atoms with Gasteiger partial charge in [0.2, 0.25) is 0 Å². The summed E-state index contributed by atoms with van der Waals surface area (Å²) in [5.74, 6) is 0.940. The molecule has 2 N–H and O–H groups in total. The van der Waals surface area contributed by atoms with E-state index in [0.717, 1.165) is 30.9 Å². The fourth-order valence-electron chi connectivity index (χ4n) is 2.01. The molecule has 0 aromatic carbocycles. The largest absolute Gasteiger partial charge is 0.392 e. The van der Waals surface area contributed by atoms with E-state index >= 15 is 0 Å². The minimum absolute atomic E-state index is 0.345. The van der Waals surface area contributed by atoms with Gasteiger partial charge < -0.3 is 15.3 Å². The summed E-state index contributed by atoms with van der Waals surface area (Å²) in [6.07, 6.45) is 2.70. The van der Waals surface area contributed by atoms with E-state index in [2.05, 4.69) is 30.2 Å². The minimum atomic E-state index is -0.345. The van der Waals surface area contributed by atoms with Crippen LogP contribution in [0.3, 0.4) is 0 Å². The number of nitrogens with zero attached hydrogens (tertiary/aromatic N) is 2. The molecule has 0 saturated heterocycles. The smallest absolute Gasteiger partial charge is 0.131 e. The highest BCUT2D eigenvalue weighted by Gasteiger charge is 2.09. The van der Waals surface area contributed by atoms with Gasteiger partial charge in [0, 0.05) is 26.3 Å². The van der Waals surface area contributed by atoms with Crippen LogP contribution in [-0.4, -0.2) is 36.3 Å². The molecule has 102 valence electrons. The van der Waals surface area contributed by atoms with Crippen LogP contribution in [0.1, 0.15) is 31.4 Å². The fourth-order valence-corrected chi connectivity index (χ4v) is 2.01. The second-order valence-corrected chi connectivity index (χ2v) is 4.89. The topological polar surface area (TPSA) is 48.4 Å². The molecule has 1 atom stereocenters. The van der Waals surface area contributed by atoms with Crippen LogP contribution in [0.5, 0.6) is 0 Å². The molecule has 1 heterocycles.